The smallest absolute Gasteiger partial charge is 0.224 e. The van der Waals surface area contributed by atoms with Crippen molar-refractivity contribution >= 4 is 5.91 Å². The first-order valence-electron chi connectivity index (χ1n) is 7.18. The molecule has 23 heavy (non-hydrogen) atoms. The summed E-state index contributed by atoms with van der Waals surface area (Å²) in [5, 5.41) is 10.7. The minimum atomic E-state index is -0.185. The first kappa shape index (κ1) is 14.9. The topological polar surface area (TPSA) is 98.7 Å². The van der Waals surface area contributed by atoms with E-state index in [0.717, 1.165) is 11.1 Å². The van der Waals surface area contributed by atoms with Gasteiger partial charge in [-0.2, -0.15) is 10.1 Å². The number of aromatic nitrogens is 5. The van der Waals surface area contributed by atoms with Crippen molar-refractivity contribution in [2.45, 2.75) is 20.0 Å². The maximum Gasteiger partial charge on any atom is 0.224 e. The molecule has 1 aromatic carbocycles. The number of nitrogens with one attached hydrogen (secondary N) is 1. The van der Waals surface area contributed by atoms with E-state index in [2.05, 4.69) is 25.5 Å². The monoisotopic (exact) mass is 312 g/mol. The molecule has 1 amide bonds. The second kappa shape index (κ2) is 6.82. The SMILES string of the molecule is CC(Cn1cncn1)C(=O)NCc1ccc(-c2ncon2)cc1. The molecule has 1 unspecified atom stereocenters. The third kappa shape index (κ3) is 3.79. The summed E-state index contributed by atoms with van der Waals surface area (Å²) in [6.45, 7) is 2.83. The molecule has 1 N–H and O–H groups in total. The van der Waals surface area contributed by atoms with Gasteiger partial charge in [0.05, 0.1) is 12.5 Å². The lowest BCUT2D eigenvalue weighted by Crippen LogP contribution is -2.31. The van der Waals surface area contributed by atoms with Crippen LogP contribution in [0.5, 0.6) is 0 Å². The van der Waals surface area contributed by atoms with Crippen LogP contribution >= 0.6 is 0 Å². The van der Waals surface area contributed by atoms with Gasteiger partial charge in [-0.3, -0.25) is 9.48 Å². The molecule has 8 heteroatoms. The van der Waals surface area contributed by atoms with Gasteiger partial charge in [-0.05, 0) is 5.56 Å². The van der Waals surface area contributed by atoms with Crippen molar-refractivity contribution in [1.82, 2.24) is 30.2 Å². The second-order valence-electron chi connectivity index (χ2n) is 5.19. The second-order valence-corrected chi connectivity index (χ2v) is 5.19. The third-order valence-electron chi connectivity index (χ3n) is 3.42. The van der Waals surface area contributed by atoms with Crippen LogP contribution in [0.1, 0.15) is 12.5 Å². The number of hydrogen-bond donors (Lipinski definition) is 1. The van der Waals surface area contributed by atoms with E-state index in [-0.39, 0.29) is 11.8 Å². The summed E-state index contributed by atoms with van der Waals surface area (Å²) in [6.07, 6.45) is 4.34. The average Bonchev–Trinajstić information content (AvgIpc) is 3.26. The Morgan fingerprint density at radius 3 is 2.83 bits per heavy atom. The lowest BCUT2D eigenvalue weighted by Gasteiger charge is -2.12. The molecule has 3 rings (SSSR count). The number of carbonyl (C=O) groups excluding carboxylic acids is 1. The number of hydrogen-bond acceptors (Lipinski definition) is 6. The molecule has 1 atom stereocenters. The predicted octanol–water partition coefficient (Wildman–Crippen LogP) is 1.28. The van der Waals surface area contributed by atoms with E-state index in [4.69, 9.17) is 4.52 Å². The minimum absolute atomic E-state index is 0.0252. The minimum Gasteiger partial charge on any atom is -0.352 e. The molecule has 0 aliphatic rings. The van der Waals surface area contributed by atoms with Gasteiger partial charge in [-0.15, -0.1) is 0 Å². The van der Waals surface area contributed by atoms with Crippen LogP contribution in [0.2, 0.25) is 0 Å². The summed E-state index contributed by atoms with van der Waals surface area (Å²) < 4.78 is 6.36. The van der Waals surface area contributed by atoms with Crippen molar-refractivity contribution < 1.29 is 9.32 Å². The number of benzene rings is 1. The molecule has 8 nitrogen and oxygen atoms in total. The quantitative estimate of drug-likeness (QED) is 0.736. The van der Waals surface area contributed by atoms with Crippen LogP contribution in [-0.4, -0.2) is 30.8 Å². The Kier molecular flexibility index (Phi) is 4.41. The Morgan fingerprint density at radius 1 is 1.35 bits per heavy atom. The summed E-state index contributed by atoms with van der Waals surface area (Å²) in [6, 6.07) is 7.64. The van der Waals surface area contributed by atoms with Gasteiger partial charge in [0.1, 0.15) is 12.7 Å². The van der Waals surface area contributed by atoms with E-state index in [0.29, 0.717) is 18.9 Å². The standard InChI is InChI=1S/C15H16N6O2/c1-11(7-21-9-16-8-19-21)15(22)17-6-12-2-4-13(5-3-12)14-18-10-23-20-14/h2-5,8-11H,6-7H2,1H3,(H,17,22). The van der Waals surface area contributed by atoms with Crippen molar-refractivity contribution in [2.75, 3.05) is 0 Å². The van der Waals surface area contributed by atoms with E-state index >= 15 is 0 Å². The highest BCUT2D eigenvalue weighted by Gasteiger charge is 2.13. The Labute approximate surface area is 132 Å². The lowest BCUT2D eigenvalue weighted by atomic mass is 10.1. The molecule has 0 bridgehead atoms. The highest BCUT2D eigenvalue weighted by atomic mass is 16.5. The lowest BCUT2D eigenvalue weighted by molar-refractivity contribution is -0.125. The van der Waals surface area contributed by atoms with Gasteiger partial charge in [0, 0.05) is 12.1 Å². The molecule has 0 radical (unpaired) electrons. The molecule has 3 aromatic rings. The van der Waals surface area contributed by atoms with Crippen LogP contribution in [-0.2, 0) is 17.9 Å². The Bertz CT molecular complexity index is 737. The molecule has 0 saturated heterocycles. The van der Waals surface area contributed by atoms with Crippen LogP contribution in [0.25, 0.3) is 11.4 Å². The Morgan fingerprint density at radius 2 is 2.17 bits per heavy atom. The zero-order valence-corrected chi connectivity index (χ0v) is 12.6. The normalized spacial score (nSPS) is 12.0. The van der Waals surface area contributed by atoms with E-state index in [1.165, 1.54) is 12.7 Å². The highest BCUT2D eigenvalue weighted by Crippen LogP contribution is 2.15. The van der Waals surface area contributed by atoms with Crippen molar-refractivity contribution in [1.29, 1.82) is 0 Å². The maximum atomic E-state index is 12.1. The first-order chi connectivity index (χ1) is 11.2. The average molecular weight is 312 g/mol. The summed E-state index contributed by atoms with van der Waals surface area (Å²) in [5.41, 5.74) is 1.87. The van der Waals surface area contributed by atoms with Gasteiger partial charge < -0.3 is 9.84 Å². The molecule has 118 valence electrons. The van der Waals surface area contributed by atoms with Gasteiger partial charge >= 0.3 is 0 Å². The summed E-state index contributed by atoms with van der Waals surface area (Å²) >= 11 is 0. The van der Waals surface area contributed by atoms with Gasteiger partial charge in [-0.1, -0.05) is 36.3 Å². The van der Waals surface area contributed by atoms with Crippen LogP contribution in [0.4, 0.5) is 0 Å². The molecular formula is C15H16N6O2. The number of amides is 1. The molecule has 0 saturated carbocycles. The van der Waals surface area contributed by atoms with E-state index in [9.17, 15) is 4.79 Å². The fraction of sp³-hybridized carbons (Fsp3) is 0.267. The molecule has 0 spiro atoms. The summed E-state index contributed by atoms with van der Waals surface area (Å²) in [7, 11) is 0. The number of nitrogens with zero attached hydrogens (tertiary/aromatic N) is 5. The van der Waals surface area contributed by atoms with Crippen molar-refractivity contribution in [3.05, 3.63) is 48.9 Å². The molecule has 0 aliphatic heterocycles. The van der Waals surface area contributed by atoms with Gasteiger partial charge in [0.25, 0.3) is 0 Å². The van der Waals surface area contributed by atoms with Gasteiger partial charge in [-0.25, -0.2) is 4.98 Å². The van der Waals surface area contributed by atoms with Crippen molar-refractivity contribution in [3.63, 3.8) is 0 Å². The third-order valence-corrected chi connectivity index (χ3v) is 3.42. The predicted molar refractivity (Wildman–Crippen MR) is 80.8 cm³/mol. The van der Waals surface area contributed by atoms with E-state index < -0.39 is 0 Å². The molecular weight excluding hydrogens is 296 g/mol. The van der Waals surface area contributed by atoms with Crippen molar-refractivity contribution in [2.24, 2.45) is 5.92 Å². The Balaban J connectivity index is 1.52. The van der Waals surface area contributed by atoms with E-state index in [1.54, 1.807) is 11.0 Å². The van der Waals surface area contributed by atoms with Gasteiger partial charge in [0.15, 0.2) is 0 Å². The first-order valence-corrected chi connectivity index (χ1v) is 7.18. The van der Waals surface area contributed by atoms with E-state index in [1.807, 2.05) is 31.2 Å². The summed E-state index contributed by atoms with van der Waals surface area (Å²) in [5.74, 6) is 0.333. The molecule has 0 aliphatic carbocycles. The summed E-state index contributed by atoms with van der Waals surface area (Å²) in [4.78, 5) is 19.9. The maximum absolute atomic E-state index is 12.1. The van der Waals surface area contributed by atoms with Crippen LogP contribution in [0.3, 0.4) is 0 Å². The van der Waals surface area contributed by atoms with Crippen molar-refractivity contribution in [3.8, 4) is 11.4 Å². The fourth-order valence-electron chi connectivity index (χ4n) is 2.12. The van der Waals surface area contributed by atoms with Crippen LogP contribution < -0.4 is 5.32 Å². The Hall–Kier alpha value is -3.03. The largest absolute Gasteiger partial charge is 0.352 e. The zero-order chi connectivity index (χ0) is 16.1. The van der Waals surface area contributed by atoms with Crippen LogP contribution in [0, 0.1) is 5.92 Å². The van der Waals surface area contributed by atoms with Crippen LogP contribution in [0.15, 0.2) is 47.8 Å². The number of carbonyl (C=O) groups is 1. The zero-order valence-electron chi connectivity index (χ0n) is 12.6. The fourth-order valence-corrected chi connectivity index (χ4v) is 2.12. The highest BCUT2D eigenvalue weighted by molar-refractivity contribution is 5.78. The molecule has 2 aromatic heterocycles. The molecule has 2 heterocycles. The number of rotatable bonds is 6. The van der Waals surface area contributed by atoms with Gasteiger partial charge in [0.2, 0.25) is 18.1 Å². The molecule has 0 fully saturated rings.